The van der Waals surface area contributed by atoms with Crippen molar-refractivity contribution in [3.63, 3.8) is 0 Å². The molecule has 0 aliphatic heterocycles. The predicted molar refractivity (Wildman–Crippen MR) is 158 cm³/mol. The first-order valence-electron chi connectivity index (χ1n) is 14.5. The van der Waals surface area contributed by atoms with Gasteiger partial charge in [0.1, 0.15) is 12.0 Å². The Hall–Kier alpha value is -0.310. The third-order valence-corrected chi connectivity index (χ3v) is 9.38. The number of carbonyl (C=O) groups excluding carboxylic acids is 2. The van der Waals surface area contributed by atoms with Crippen LogP contribution in [-0.4, -0.2) is 69.0 Å². The van der Waals surface area contributed by atoms with Crippen molar-refractivity contribution in [2.24, 2.45) is 0 Å². The Labute approximate surface area is 242 Å². The molecule has 2 N–H and O–H groups in total. The van der Waals surface area contributed by atoms with E-state index < -0.39 is 16.2 Å². The average Bonchev–Trinajstić information content (AvgIpc) is 2.91. The van der Waals surface area contributed by atoms with Crippen LogP contribution in [0.4, 0.5) is 0 Å². The molecular weight excluding hydrogens is 566 g/mol. The molecule has 13 heteroatoms. The molecule has 0 spiro atoms. The van der Waals surface area contributed by atoms with E-state index in [-0.39, 0.29) is 43.1 Å². The quantitative estimate of drug-likeness (QED) is 0.154. The molecule has 10 nitrogen and oxygen atoms in total. The zero-order chi connectivity index (χ0) is 29.4. The Morgan fingerprint density at radius 3 is 1.41 bits per heavy atom. The lowest BCUT2D eigenvalue weighted by Gasteiger charge is -2.24. The SMILES string of the molecule is CCOP(=O)(CC(=O)NC1CCCCC1)OCC.CCOP(OCC)OCC.O=C(CCl)NC1CCCCC1. The topological polar surface area (TPSA) is 121 Å². The summed E-state index contributed by atoms with van der Waals surface area (Å²) in [7, 11) is -4.32. The molecule has 0 atom stereocenters. The molecular formula is C26H53ClN2O8P2. The van der Waals surface area contributed by atoms with Crippen molar-refractivity contribution >= 4 is 39.6 Å². The van der Waals surface area contributed by atoms with Gasteiger partial charge in [0.15, 0.2) is 0 Å². The maximum Gasteiger partial charge on any atom is 0.340 e. The van der Waals surface area contributed by atoms with Crippen LogP contribution in [-0.2, 0) is 36.8 Å². The predicted octanol–water partition coefficient (Wildman–Crippen LogP) is 6.70. The van der Waals surface area contributed by atoms with Crippen molar-refractivity contribution in [2.45, 2.75) is 111 Å². The lowest BCUT2D eigenvalue weighted by atomic mass is 9.95. The van der Waals surface area contributed by atoms with E-state index >= 15 is 0 Å². The second kappa shape index (κ2) is 25.4. The highest BCUT2D eigenvalue weighted by atomic mass is 35.5. The Morgan fingerprint density at radius 2 is 1.08 bits per heavy atom. The summed E-state index contributed by atoms with van der Waals surface area (Å²) in [5, 5.41) is 5.82. The van der Waals surface area contributed by atoms with Gasteiger partial charge in [-0.3, -0.25) is 14.2 Å². The van der Waals surface area contributed by atoms with E-state index in [1.807, 2.05) is 20.8 Å². The van der Waals surface area contributed by atoms with Gasteiger partial charge in [0.05, 0.1) is 33.0 Å². The third-order valence-electron chi connectivity index (χ3n) is 5.75. The van der Waals surface area contributed by atoms with Gasteiger partial charge in [-0.15, -0.1) is 11.6 Å². The monoisotopic (exact) mass is 618 g/mol. The normalized spacial score (nSPS) is 16.5. The molecule has 232 valence electrons. The van der Waals surface area contributed by atoms with Crippen LogP contribution in [0.25, 0.3) is 0 Å². The molecule has 2 amide bonds. The van der Waals surface area contributed by atoms with Crippen molar-refractivity contribution < 1.29 is 36.8 Å². The fraction of sp³-hybridized carbons (Fsp3) is 0.923. The number of hydrogen-bond acceptors (Lipinski definition) is 8. The maximum absolute atomic E-state index is 12.2. The minimum atomic E-state index is -3.26. The van der Waals surface area contributed by atoms with Gasteiger partial charge in [-0.2, -0.15) is 0 Å². The Balaban J connectivity index is 0.000000593. The summed E-state index contributed by atoms with van der Waals surface area (Å²) in [5.41, 5.74) is 0. The minimum absolute atomic E-state index is 0.0291. The van der Waals surface area contributed by atoms with Crippen LogP contribution >= 0.6 is 27.8 Å². The zero-order valence-electron chi connectivity index (χ0n) is 24.7. The van der Waals surface area contributed by atoms with E-state index in [0.717, 1.165) is 38.5 Å². The molecule has 0 bridgehead atoms. The summed E-state index contributed by atoms with van der Waals surface area (Å²) in [6, 6.07) is 0.623. The van der Waals surface area contributed by atoms with E-state index in [9.17, 15) is 14.2 Å². The van der Waals surface area contributed by atoms with Crippen LogP contribution in [0.5, 0.6) is 0 Å². The van der Waals surface area contributed by atoms with Crippen LogP contribution in [0.3, 0.4) is 0 Å². The van der Waals surface area contributed by atoms with E-state index in [1.54, 1.807) is 13.8 Å². The smallest absolute Gasteiger partial charge is 0.340 e. The van der Waals surface area contributed by atoms with Crippen LogP contribution < -0.4 is 10.6 Å². The van der Waals surface area contributed by atoms with Gasteiger partial charge in [-0.25, -0.2) is 0 Å². The van der Waals surface area contributed by atoms with E-state index in [0.29, 0.717) is 25.9 Å². The number of nitrogens with one attached hydrogen (secondary N) is 2. The molecule has 2 aliphatic rings. The minimum Gasteiger partial charge on any atom is -0.353 e. The number of rotatable bonds is 15. The van der Waals surface area contributed by atoms with Crippen LogP contribution in [0.2, 0.25) is 0 Å². The largest absolute Gasteiger partial charge is 0.353 e. The summed E-state index contributed by atoms with van der Waals surface area (Å²) in [6.07, 6.45) is 11.4. The van der Waals surface area contributed by atoms with Crippen molar-refractivity contribution in [2.75, 3.05) is 45.1 Å². The lowest BCUT2D eigenvalue weighted by molar-refractivity contribution is -0.120. The molecule has 2 aliphatic carbocycles. The molecule has 39 heavy (non-hydrogen) atoms. The first-order chi connectivity index (χ1) is 18.8. The van der Waals surface area contributed by atoms with Gasteiger partial charge in [0.25, 0.3) is 0 Å². The van der Waals surface area contributed by atoms with Crippen LogP contribution in [0, 0.1) is 0 Å². The molecule has 0 aromatic carbocycles. The summed E-state index contributed by atoms with van der Waals surface area (Å²) in [6.45, 7) is 11.8. The highest BCUT2D eigenvalue weighted by Gasteiger charge is 2.28. The number of carbonyl (C=O) groups is 2. The average molecular weight is 619 g/mol. The van der Waals surface area contributed by atoms with Crippen molar-refractivity contribution in [1.29, 1.82) is 0 Å². The fourth-order valence-electron chi connectivity index (χ4n) is 4.16. The molecule has 2 saturated carbocycles. The molecule has 0 unspecified atom stereocenters. The van der Waals surface area contributed by atoms with Crippen molar-refractivity contribution in [3.05, 3.63) is 0 Å². The zero-order valence-corrected chi connectivity index (χ0v) is 27.3. The summed E-state index contributed by atoms with van der Waals surface area (Å²) >= 11 is 5.36. The number of amides is 2. The molecule has 0 aromatic heterocycles. The van der Waals surface area contributed by atoms with E-state index in [4.69, 9.17) is 34.2 Å². The van der Waals surface area contributed by atoms with Gasteiger partial charge in [0, 0.05) is 12.1 Å². The second-order valence-corrected chi connectivity index (χ2v) is 12.6. The highest BCUT2D eigenvalue weighted by molar-refractivity contribution is 7.54. The lowest BCUT2D eigenvalue weighted by Crippen LogP contribution is -2.38. The Morgan fingerprint density at radius 1 is 0.692 bits per heavy atom. The van der Waals surface area contributed by atoms with Crippen LogP contribution in [0.1, 0.15) is 98.8 Å². The number of halogens is 1. The molecule has 0 saturated heterocycles. The van der Waals surface area contributed by atoms with Crippen molar-refractivity contribution in [3.8, 4) is 0 Å². The summed E-state index contributed by atoms with van der Waals surface area (Å²) < 4.78 is 37.8. The first kappa shape index (κ1) is 38.7. The summed E-state index contributed by atoms with van der Waals surface area (Å²) in [4.78, 5) is 22.7. The van der Waals surface area contributed by atoms with Gasteiger partial charge < -0.3 is 33.3 Å². The number of hydrogen-bond donors (Lipinski definition) is 2. The standard InChI is InChI=1S/C12H24NO4P.C8H14ClNO.C6H15O3P/c1-3-16-18(15,17-4-2)10-12(14)13-11-8-6-5-7-9-11;9-6-8(11)10-7-4-2-1-3-5-7;1-4-7-10(8-5-2)9-6-3/h11H,3-10H2,1-2H3,(H,13,14);7H,1-6H2,(H,10,11);4-6H2,1-3H3. The van der Waals surface area contributed by atoms with Gasteiger partial charge in [-0.1, -0.05) is 38.5 Å². The molecule has 0 aromatic rings. The Bertz CT molecular complexity index is 642. The van der Waals surface area contributed by atoms with E-state index in [1.165, 1.54) is 25.7 Å². The number of alkyl halides is 1. The first-order valence-corrected chi connectivity index (χ1v) is 17.8. The highest BCUT2D eigenvalue weighted by Crippen LogP contribution is 2.47. The van der Waals surface area contributed by atoms with E-state index in [2.05, 4.69) is 10.6 Å². The maximum atomic E-state index is 12.2. The van der Waals surface area contributed by atoms with Gasteiger partial charge >= 0.3 is 16.2 Å². The molecule has 2 fully saturated rings. The summed E-state index contributed by atoms with van der Waals surface area (Å²) in [5.74, 6) is -0.165. The second-order valence-electron chi connectivity index (χ2n) is 9.02. The van der Waals surface area contributed by atoms with Crippen LogP contribution in [0.15, 0.2) is 0 Å². The molecule has 2 rings (SSSR count). The fourth-order valence-corrected chi connectivity index (χ4v) is 6.58. The van der Waals surface area contributed by atoms with Gasteiger partial charge in [0.2, 0.25) is 11.8 Å². The Kier molecular flexibility index (Phi) is 25.2. The van der Waals surface area contributed by atoms with Crippen molar-refractivity contribution in [1.82, 2.24) is 10.6 Å². The van der Waals surface area contributed by atoms with Gasteiger partial charge in [-0.05, 0) is 60.3 Å². The molecule has 0 radical (unpaired) electrons. The molecule has 0 heterocycles. The third kappa shape index (κ3) is 21.1.